The summed E-state index contributed by atoms with van der Waals surface area (Å²) in [6, 6.07) is 5.67. The van der Waals surface area contributed by atoms with Gasteiger partial charge in [-0.3, -0.25) is 20.2 Å². The lowest BCUT2D eigenvalue weighted by Gasteiger charge is -2.04. The van der Waals surface area contributed by atoms with Crippen LogP contribution < -0.4 is 10.1 Å². The number of nitrogens with one attached hydrogen (secondary N) is 1. The number of ether oxygens (including phenoxy) is 1. The highest BCUT2D eigenvalue weighted by atomic mass is 16.6. The van der Waals surface area contributed by atoms with Gasteiger partial charge in [0.25, 0.3) is 5.91 Å². The SMILES string of the molecule is N#CNC(=O)COc1ccccc1[N+](=O)[O-]. The maximum Gasteiger partial charge on any atom is 0.310 e. The van der Waals surface area contributed by atoms with Gasteiger partial charge < -0.3 is 4.74 Å². The van der Waals surface area contributed by atoms with Crippen molar-refractivity contribution in [3.63, 3.8) is 0 Å². The Morgan fingerprint density at radius 1 is 1.56 bits per heavy atom. The summed E-state index contributed by atoms with van der Waals surface area (Å²) in [7, 11) is 0. The molecule has 0 bridgehead atoms. The summed E-state index contributed by atoms with van der Waals surface area (Å²) in [6.45, 7) is -0.446. The summed E-state index contributed by atoms with van der Waals surface area (Å²) in [5.74, 6) is -0.679. The molecule has 16 heavy (non-hydrogen) atoms. The Morgan fingerprint density at radius 3 is 2.88 bits per heavy atom. The van der Waals surface area contributed by atoms with E-state index in [0.717, 1.165) is 0 Å². The highest BCUT2D eigenvalue weighted by Crippen LogP contribution is 2.25. The van der Waals surface area contributed by atoms with E-state index in [2.05, 4.69) is 0 Å². The predicted molar refractivity (Wildman–Crippen MR) is 52.3 cm³/mol. The monoisotopic (exact) mass is 221 g/mol. The number of carbonyl (C=O) groups excluding carboxylic acids is 1. The maximum atomic E-state index is 10.9. The number of nitrogens with zero attached hydrogens (tertiary/aromatic N) is 2. The maximum absolute atomic E-state index is 10.9. The molecule has 0 aliphatic heterocycles. The molecule has 0 unspecified atom stereocenters. The minimum Gasteiger partial charge on any atom is -0.477 e. The molecule has 0 saturated carbocycles. The van der Waals surface area contributed by atoms with Crippen LogP contribution >= 0.6 is 0 Å². The van der Waals surface area contributed by atoms with Crippen molar-refractivity contribution < 1.29 is 14.5 Å². The third-order valence-electron chi connectivity index (χ3n) is 1.62. The lowest BCUT2D eigenvalue weighted by Crippen LogP contribution is -2.24. The molecule has 1 N–H and O–H groups in total. The number of benzene rings is 1. The van der Waals surface area contributed by atoms with E-state index in [1.807, 2.05) is 5.32 Å². The third kappa shape index (κ3) is 2.95. The average molecular weight is 221 g/mol. The molecule has 0 spiro atoms. The van der Waals surface area contributed by atoms with E-state index in [9.17, 15) is 14.9 Å². The lowest BCUT2D eigenvalue weighted by molar-refractivity contribution is -0.385. The van der Waals surface area contributed by atoms with Crippen molar-refractivity contribution in [2.24, 2.45) is 0 Å². The summed E-state index contributed by atoms with van der Waals surface area (Å²) >= 11 is 0. The van der Waals surface area contributed by atoms with E-state index < -0.39 is 17.4 Å². The molecule has 1 aromatic carbocycles. The Labute approximate surface area is 90.4 Å². The molecule has 82 valence electrons. The molecule has 0 radical (unpaired) electrons. The third-order valence-corrected chi connectivity index (χ3v) is 1.62. The Morgan fingerprint density at radius 2 is 2.25 bits per heavy atom. The Hall–Kier alpha value is -2.62. The minimum atomic E-state index is -0.666. The van der Waals surface area contributed by atoms with Crippen LogP contribution in [0.4, 0.5) is 5.69 Å². The largest absolute Gasteiger partial charge is 0.477 e. The van der Waals surface area contributed by atoms with E-state index in [0.29, 0.717) is 0 Å². The summed E-state index contributed by atoms with van der Waals surface area (Å²) < 4.78 is 4.91. The number of hydrogen-bond donors (Lipinski definition) is 1. The van der Waals surface area contributed by atoms with Crippen LogP contribution in [-0.4, -0.2) is 17.4 Å². The van der Waals surface area contributed by atoms with E-state index in [-0.39, 0.29) is 11.4 Å². The van der Waals surface area contributed by atoms with Crippen LogP contribution in [0.25, 0.3) is 0 Å². The van der Waals surface area contributed by atoms with Gasteiger partial charge in [0.2, 0.25) is 0 Å². The van der Waals surface area contributed by atoms with Crippen molar-refractivity contribution in [2.75, 3.05) is 6.61 Å². The average Bonchev–Trinajstić information content (AvgIpc) is 2.27. The molecule has 0 heterocycles. The van der Waals surface area contributed by atoms with Crippen LogP contribution in [0, 0.1) is 21.6 Å². The fraction of sp³-hybridized carbons (Fsp3) is 0.111. The van der Waals surface area contributed by atoms with Gasteiger partial charge in [0, 0.05) is 6.07 Å². The molecular formula is C9H7N3O4. The second-order valence-corrected chi connectivity index (χ2v) is 2.67. The molecule has 7 nitrogen and oxygen atoms in total. The first-order chi connectivity index (χ1) is 7.65. The van der Waals surface area contributed by atoms with E-state index in [1.54, 1.807) is 6.07 Å². The molecule has 0 saturated heterocycles. The van der Waals surface area contributed by atoms with Crippen LogP contribution in [0.2, 0.25) is 0 Å². The van der Waals surface area contributed by atoms with Crippen molar-refractivity contribution in [1.29, 1.82) is 5.26 Å². The zero-order valence-corrected chi connectivity index (χ0v) is 8.04. The van der Waals surface area contributed by atoms with Gasteiger partial charge in [-0.05, 0) is 6.07 Å². The van der Waals surface area contributed by atoms with Gasteiger partial charge in [-0.1, -0.05) is 12.1 Å². The van der Waals surface area contributed by atoms with Crippen LogP contribution in [-0.2, 0) is 4.79 Å². The number of hydrogen-bond acceptors (Lipinski definition) is 5. The van der Waals surface area contributed by atoms with E-state index in [1.165, 1.54) is 24.4 Å². The second kappa shape index (κ2) is 5.31. The smallest absolute Gasteiger partial charge is 0.310 e. The van der Waals surface area contributed by atoms with Gasteiger partial charge in [0.1, 0.15) is 0 Å². The first-order valence-electron chi connectivity index (χ1n) is 4.19. The molecule has 7 heteroatoms. The van der Waals surface area contributed by atoms with Crippen molar-refractivity contribution in [3.05, 3.63) is 34.4 Å². The van der Waals surface area contributed by atoms with E-state index >= 15 is 0 Å². The van der Waals surface area contributed by atoms with Crippen molar-refractivity contribution in [2.45, 2.75) is 0 Å². The van der Waals surface area contributed by atoms with Crippen LogP contribution in [0.3, 0.4) is 0 Å². The molecule has 1 amide bonds. The molecule has 1 aromatic rings. The van der Waals surface area contributed by atoms with Gasteiger partial charge in [0.05, 0.1) is 4.92 Å². The van der Waals surface area contributed by atoms with Crippen LogP contribution in [0.5, 0.6) is 5.75 Å². The van der Waals surface area contributed by atoms with Gasteiger partial charge in [-0.25, -0.2) is 0 Å². The van der Waals surface area contributed by atoms with Crippen molar-refractivity contribution in [3.8, 4) is 11.9 Å². The number of carbonyl (C=O) groups is 1. The minimum absolute atomic E-state index is 0.0133. The second-order valence-electron chi connectivity index (χ2n) is 2.67. The number of nitro benzene ring substituents is 1. The fourth-order valence-corrected chi connectivity index (χ4v) is 0.972. The Kier molecular flexibility index (Phi) is 3.80. The van der Waals surface area contributed by atoms with Gasteiger partial charge >= 0.3 is 5.69 Å². The number of nitro groups is 1. The normalized spacial score (nSPS) is 8.94. The van der Waals surface area contributed by atoms with Crippen LogP contribution in [0.15, 0.2) is 24.3 Å². The summed E-state index contributed by atoms with van der Waals surface area (Å²) in [5.41, 5.74) is -0.229. The zero-order chi connectivity index (χ0) is 12.0. The molecule has 1 rings (SSSR count). The summed E-state index contributed by atoms with van der Waals surface area (Å²) in [6.07, 6.45) is 1.43. The van der Waals surface area contributed by atoms with Crippen LogP contribution in [0.1, 0.15) is 0 Å². The van der Waals surface area contributed by atoms with Gasteiger partial charge in [-0.2, -0.15) is 5.26 Å². The number of para-hydroxylation sites is 2. The highest BCUT2D eigenvalue weighted by molar-refractivity contribution is 5.79. The lowest BCUT2D eigenvalue weighted by atomic mass is 10.3. The van der Waals surface area contributed by atoms with Crippen molar-refractivity contribution >= 4 is 11.6 Å². The fourth-order valence-electron chi connectivity index (χ4n) is 0.972. The number of nitriles is 1. The first kappa shape index (κ1) is 11.5. The quantitative estimate of drug-likeness (QED) is 0.346. The molecule has 0 aromatic heterocycles. The standard InChI is InChI=1S/C9H7N3O4/c10-6-11-9(13)5-16-8-4-2-1-3-7(8)12(14)15/h1-4H,5H2,(H,11,13). The Bertz CT molecular complexity index is 452. The Balaban J connectivity index is 2.71. The van der Waals surface area contributed by atoms with Gasteiger partial charge in [-0.15, -0.1) is 0 Å². The first-order valence-corrected chi connectivity index (χ1v) is 4.19. The predicted octanol–water partition coefficient (Wildman–Crippen LogP) is 0.571. The molecule has 0 aliphatic rings. The number of rotatable bonds is 4. The highest BCUT2D eigenvalue weighted by Gasteiger charge is 2.14. The summed E-state index contributed by atoms with van der Waals surface area (Å²) in [5, 5.41) is 20.5. The zero-order valence-electron chi connectivity index (χ0n) is 8.04. The molecular weight excluding hydrogens is 214 g/mol. The topological polar surface area (TPSA) is 105 Å². The molecule has 0 fully saturated rings. The molecule has 0 atom stereocenters. The van der Waals surface area contributed by atoms with Gasteiger partial charge in [0.15, 0.2) is 18.5 Å². The number of amides is 1. The summed E-state index contributed by atoms with van der Waals surface area (Å²) in [4.78, 5) is 20.8. The molecule has 0 aliphatic carbocycles. The van der Waals surface area contributed by atoms with E-state index in [4.69, 9.17) is 10.00 Å². The van der Waals surface area contributed by atoms with Crippen molar-refractivity contribution in [1.82, 2.24) is 5.32 Å².